The monoisotopic (exact) mass is 329 g/mol. The number of nitrogens with one attached hydrogen (secondary N) is 2. The molecule has 1 aliphatic carbocycles. The van der Waals surface area contributed by atoms with Gasteiger partial charge < -0.3 is 10.6 Å². The van der Waals surface area contributed by atoms with Crippen molar-refractivity contribution >= 4 is 17.5 Å². The van der Waals surface area contributed by atoms with Crippen LogP contribution in [0.3, 0.4) is 0 Å². The van der Waals surface area contributed by atoms with Crippen molar-refractivity contribution < 1.29 is 9.59 Å². The van der Waals surface area contributed by atoms with E-state index >= 15 is 0 Å². The van der Waals surface area contributed by atoms with Crippen LogP contribution >= 0.6 is 0 Å². The highest BCUT2D eigenvalue weighted by Crippen LogP contribution is 2.25. The third-order valence-electron chi connectivity index (χ3n) is 5.09. The second-order valence-electron chi connectivity index (χ2n) is 7.01. The summed E-state index contributed by atoms with van der Waals surface area (Å²) < 4.78 is 0. The Balaban J connectivity index is 1.54. The van der Waals surface area contributed by atoms with Gasteiger partial charge >= 0.3 is 0 Å². The van der Waals surface area contributed by atoms with Gasteiger partial charge in [0.15, 0.2) is 0 Å². The summed E-state index contributed by atoms with van der Waals surface area (Å²) in [5, 5.41) is 5.87. The van der Waals surface area contributed by atoms with E-state index in [1.54, 1.807) is 24.3 Å². The van der Waals surface area contributed by atoms with Gasteiger partial charge in [-0.3, -0.25) is 14.5 Å². The molecule has 2 fully saturated rings. The van der Waals surface area contributed by atoms with Crippen molar-refractivity contribution in [1.29, 1.82) is 0 Å². The third kappa shape index (κ3) is 4.35. The Morgan fingerprint density at radius 1 is 1.12 bits per heavy atom. The number of hydrogen-bond acceptors (Lipinski definition) is 3. The van der Waals surface area contributed by atoms with Gasteiger partial charge in [-0.25, -0.2) is 0 Å². The molecular weight excluding hydrogens is 302 g/mol. The Labute approximate surface area is 143 Å². The molecule has 0 bridgehead atoms. The van der Waals surface area contributed by atoms with Crippen LogP contribution in [0.15, 0.2) is 24.3 Å². The maximum Gasteiger partial charge on any atom is 0.251 e. The first-order chi connectivity index (χ1) is 11.6. The van der Waals surface area contributed by atoms with Crippen molar-refractivity contribution in [2.75, 3.05) is 18.4 Å². The number of nitrogens with zero attached hydrogens (tertiary/aromatic N) is 1. The highest BCUT2D eigenvalue weighted by Gasteiger charge is 2.29. The first-order valence-corrected chi connectivity index (χ1v) is 9.04. The van der Waals surface area contributed by atoms with Crippen molar-refractivity contribution in [3.05, 3.63) is 29.8 Å². The summed E-state index contributed by atoms with van der Waals surface area (Å²) in [6.07, 6.45) is 7.68. The average Bonchev–Trinajstić information content (AvgIpc) is 3.04. The molecule has 1 heterocycles. The Morgan fingerprint density at radius 2 is 1.92 bits per heavy atom. The van der Waals surface area contributed by atoms with Gasteiger partial charge in [-0.1, -0.05) is 25.3 Å². The quantitative estimate of drug-likeness (QED) is 0.893. The lowest BCUT2D eigenvalue weighted by Crippen LogP contribution is -2.40. The van der Waals surface area contributed by atoms with Crippen LogP contribution in [0, 0.1) is 0 Å². The van der Waals surface area contributed by atoms with E-state index in [-0.39, 0.29) is 17.9 Å². The zero-order chi connectivity index (χ0) is 16.9. The highest BCUT2D eigenvalue weighted by molar-refractivity contribution is 5.96. The maximum atomic E-state index is 12.5. The van der Waals surface area contributed by atoms with Gasteiger partial charge in [0.05, 0.1) is 0 Å². The number of benzene rings is 1. The molecule has 1 aliphatic heterocycles. The largest absolute Gasteiger partial charge is 0.348 e. The van der Waals surface area contributed by atoms with E-state index in [9.17, 15) is 9.59 Å². The molecule has 1 saturated heterocycles. The molecule has 130 valence electrons. The molecule has 5 heteroatoms. The summed E-state index contributed by atoms with van der Waals surface area (Å²) in [6, 6.07) is 8.04. The van der Waals surface area contributed by atoms with Crippen molar-refractivity contribution in [3.63, 3.8) is 0 Å². The molecule has 0 spiro atoms. The number of amides is 2. The summed E-state index contributed by atoms with van der Waals surface area (Å²) in [4.78, 5) is 26.2. The molecule has 2 amide bonds. The van der Waals surface area contributed by atoms with Gasteiger partial charge in [-0.2, -0.15) is 0 Å². The predicted octanol–water partition coefficient (Wildman–Crippen LogP) is 2.78. The number of carbonyl (C=O) groups excluding carboxylic acids is 2. The molecule has 2 N–H and O–H groups in total. The smallest absolute Gasteiger partial charge is 0.251 e. The van der Waals surface area contributed by atoms with Crippen LogP contribution in [-0.2, 0) is 4.79 Å². The van der Waals surface area contributed by atoms with Gasteiger partial charge in [0.25, 0.3) is 5.91 Å². The Hall–Kier alpha value is -1.88. The van der Waals surface area contributed by atoms with Crippen molar-refractivity contribution in [2.45, 2.75) is 57.5 Å². The van der Waals surface area contributed by atoms with E-state index in [4.69, 9.17) is 0 Å². The summed E-state index contributed by atoms with van der Waals surface area (Å²) in [6.45, 7) is 3.51. The zero-order valence-corrected chi connectivity index (χ0v) is 14.4. The standard InChI is InChI=1S/C19H27N3O2/c1-14(23)20-16-7-5-6-15(12-16)19(24)21-17-10-11-22(13-17)18-8-3-2-4-9-18/h5-7,12,17-18H,2-4,8-11,13H2,1H3,(H,20,23)(H,21,24). The first kappa shape index (κ1) is 17.0. The Bertz CT molecular complexity index is 596. The maximum absolute atomic E-state index is 12.5. The minimum Gasteiger partial charge on any atom is -0.348 e. The van der Waals surface area contributed by atoms with Crippen LogP contribution in [-0.4, -0.2) is 41.9 Å². The zero-order valence-electron chi connectivity index (χ0n) is 14.4. The van der Waals surface area contributed by atoms with Gasteiger partial charge in [0, 0.05) is 43.3 Å². The van der Waals surface area contributed by atoms with Crippen LogP contribution in [0.5, 0.6) is 0 Å². The Kier molecular flexibility index (Phi) is 5.51. The van der Waals surface area contributed by atoms with Gasteiger partial charge in [-0.05, 0) is 37.5 Å². The van der Waals surface area contributed by atoms with Crippen molar-refractivity contribution in [2.24, 2.45) is 0 Å². The van der Waals surface area contributed by atoms with E-state index in [0.29, 0.717) is 17.3 Å². The number of anilines is 1. The van der Waals surface area contributed by atoms with Gasteiger partial charge in [0.1, 0.15) is 0 Å². The van der Waals surface area contributed by atoms with Crippen molar-refractivity contribution in [3.8, 4) is 0 Å². The normalized spacial score (nSPS) is 22.3. The summed E-state index contributed by atoms with van der Waals surface area (Å²) in [5.41, 5.74) is 1.25. The lowest BCUT2D eigenvalue weighted by atomic mass is 9.94. The molecule has 0 aromatic heterocycles. The van der Waals surface area contributed by atoms with Crippen LogP contribution in [0.1, 0.15) is 55.8 Å². The lowest BCUT2D eigenvalue weighted by Gasteiger charge is -2.31. The molecule has 1 atom stereocenters. The molecule has 1 aromatic rings. The molecule has 24 heavy (non-hydrogen) atoms. The molecule has 1 unspecified atom stereocenters. The van der Waals surface area contributed by atoms with Crippen molar-refractivity contribution in [1.82, 2.24) is 10.2 Å². The van der Waals surface area contributed by atoms with Crippen LogP contribution in [0.4, 0.5) is 5.69 Å². The molecule has 3 rings (SSSR count). The third-order valence-corrected chi connectivity index (χ3v) is 5.09. The fraction of sp³-hybridized carbons (Fsp3) is 0.579. The SMILES string of the molecule is CC(=O)Nc1cccc(C(=O)NC2CCN(C3CCCCC3)C2)c1. The lowest BCUT2D eigenvalue weighted by molar-refractivity contribution is -0.114. The highest BCUT2D eigenvalue weighted by atomic mass is 16.2. The summed E-state index contributed by atoms with van der Waals surface area (Å²) >= 11 is 0. The number of likely N-dealkylation sites (tertiary alicyclic amines) is 1. The van der Waals surface area contributed by atoms with Crippen LogP contribution in [0.2, 0.25) is 0 Å². The van der Waals surface area contributed by atoms with Crippen LogP contribution < -0.4 is 10.6 Å². The second-order valence-corrected chi connectivity index (χ2v) is 7.01. The fourth-order valence-corrected chi connectivity index (χ4v) is 3.89. The molecular formula is C19H27N3O2. The number of hydrogen-bond donors (Lipinski definition) is 2. The molecule has 2 aliphatic rings. The van der Waals surface area contributed by atoms with Gasteiger partial charge in [0.2, 0.25) is 5.91 Å². The first-order valence-electron chi connectivity index (χ1n) is 9.04. The van der Waals surface area contributed by atoms with E-state index in [2.05, 4.69) is 15.5 Å². The molecule has 1 saturated carbocycles. The van der Waals surface area contributed by atoms with E-state index in [1.165, 1.54) is 39.0 Å². The summed E-state index contributed by atoms with van der Waals surface area (Å²) in [7, 11) is 0. The minimum atomic E-state index is -0.133. The van der Waals surface area contributed by atoms with E-state index < -0.39 is 0 Å². The second kappa shape index (κ2) is 7.79. The number of carbonyl (C=O) groups is 2. The van der Waals surface area contributed by atoms with Gasteiger partial charge in [-0.15, -0.1) is 0 Å². The molecule has 1 aromatic carbocycles. The van der Waals surface area contributed by atoms with E-state index in [1.807, 2.05) is 0 Å². The Morgan fingerprint density at radius 3 is 2.67 bits per heavy atom. The average molecular weight is 329 g/mol. The molecule has 5 nitrogen and oxygen atoms in total. The minimum absolute atomic E-state index is 0.0577. The number of rotatable bonds is 4. The summed E-state index contributed by atoms with van der Waals surface area (Å²) in [5.74, 6) is -0.191. The predicted molar refractivity (Wildman–Crippen MR) is 95.1 cm³/mol. The van der Waals surface area contributed by atoms with E-state index in [0.717, 1.165) is 19.5 Å². The van der Waals surface area contributed by atoms with Crippen LogP contribution in [0.25, 0.3) is 0 Å². The topological polar surface area (TPSA) is 61.4 Å². The molecule has 0 radical (unpaired) electrons. The fourth-order valence-electron chi connectivity index (χ4n) is 3.89.